The largest absolute Gasteiger partial charge is 0.453 e. The molecule has 0 saturated heterocycles. The van der Waals surface area contributed by atoms with Crippen LogP contribution < -0.4 is 4.74 Å². The minimum absolute atomic E-state index is 0.166. The normalized spacial score (nSPS) is 24.2. The van der Waals surface area contributed by atoms with Crippen molar-refractivity contribution in [1.29, 1.82) is 0 Å². The summed E-state index contributed by atoms with van der Waals surface area (Å²) in [6.45, 7) is 2.54. The van der Waals surface area contributed by atoms with E-state index in [4.69, 9.17) is 25.8 Å². The first-order valence-corrected chi connectivity index (χ1v) is 11.0. The van der Waals surface area contributed by atoms with Crippen molar-refractivity contribution in [2.24, 2.45) is 0 Å². The number of Topliss-reactive ketones (excluding diaryl/α,β-unsaturated/α-hetero) is 1. The van der Waals surface area contributed by atoms with Gasteiger partial charge < -0.3 is 14.2 Å². The summed E-state index contributed by atoms with van der Waals surface area (Å²) in [4.78, 5) is 14.0. The first-order chi connectivity index (χ1) is 15.6. The number of carbonyl (C=O) groups is 1. The molecule has 32 heavy (non-hydrogen) atoms. The molecule has 0 amide bonds. The molecule has 0 bridgehead atoms. The summed E-state index contributed by atoms with van der Waals surface area (Å²) in [6.07, 6.45) is 2.58. The lowest BCUT2D eigenvalue weighted by atomic mass is 9.74. The van der Waals surface area contributed by atoms with Gasteiger partial charge in [-0.2, -0.15) is 0 Å². The van der Waals surface area contributed by atoms with E-state index in [1.54, 1.807) is 24.3 Å². The van der Waals surface area contributed by atoms with Crippen LogP contribution >= 0.6 is 11.6 Å². The van der Waals surface area contributed by atoms with Crippen LogP contribution in [0.4, 0.5) is 0 Å². The highest BCUT2D eigenvalue weighted by Gasteiger charge is 2.67. The number of halogens is 1. The van der Waals surface area contributed by atoms with Gasteiger partial charge in [-0.1, -0.05) is 72.3 Å². The van der Waals surface area contributed by atoms with Gasteiger partial charge in [0.15, 0.2) is 0 Å². The summed E-state index contributed by atoms with van der Waals surface area (Å²) >= 11 is 6.18. The van der Waals surface area contributed by atoms with Gasteiger partial charge in [-0.3, -0.25) is 4.79 Å². The Hall–Kier alpha value is -2.92. The third-order valence-electron chi connectivity index (χ3n) is 6.18. The average Bonchev–Trinajstić information content (AvgIpc) is 3.21. The predicted octanol–water partition coefficient (Wildman–Crippen LogP) is 5.74. The van der Waals surface area contributed by atoms with Crippen molar-refractivity contribution < 1.29 is 19.0 Å². The van der Waals surface area contributed by atoms with Gasteiger partial charge >= 0.3 is 0 Å². The van der Waals surface area contributed by atoms with Crippen molar-refractivity contribution in [3.05, 3.63) is 112 Å². The van der Waals surface area contributed by atoms with Gasteiger partial charge in [0.25, 0.3) is 5.79 Å². The molecule has 162 valence electrons. The van der Waals surface area contributed by atoms with Gasteiger partial charge in [-0.25, -0.2) is 0 Å². The molecule has 3 aromatic carbocycles. The van der Waals surface area contributed by atoms with E-state index in [1.165, 1.54) is 0 Å². The average molecular weight is 447 g/mol. The number of rotatable bonds is 5. The van der Waals surface area contributed by atoms with Crippen molar-refractivity contribution in [3.63, 3.8) is 0 Å². The van der Waals surface area contributed by atoms with Gasteiger partial charge in [0, 0.05) is 10.6 Å². The Bertz CT molecular complexity index is 1170. The van der Waals surface area contributed by atoms with Gasteiger partial charge in [-0.15, -0.1) is 0 Å². The first-order valence-electron chi connectivity index (χ1n) is 10.6. The molecule has 0 radical (unpaired) electrons. The quantitative estimate of drug-likeness (QED) is 0.468. The van der Waals surface area contributed by atoms with Crippen LogP contribution in [0.15, 0.2) is 90.5 Å². The third kappa shape index (κ3) is 3.18. The Labute approximate surface area is 192 Å². The molecule has 1 spiro atoms. The molecular weight excluding hydrogens is 424 g/mol. The molecular formula is C27H23ClO4. The van der Waals surface area contributed by atoms with E-state index < -0.39 is 11.4 Å². The fraction of sp³-hybridized carbons (Fsp3) is 0.222. The molecule has 0 N–H and O–H groups in total. The van der Waals surface area contributed by atoms with E-state index >= 15 is 0 Å². The lowest BCUT2D eigenvalue weighted by Crippen LogP contribution is -2.65. The van der Waals surface area contributed by atoms with E-state index in [0.717, 1.165) is 11.1 Å². The highest BCUT2D eigenvalue weighted by atomic mass is 35.5. The molecule has 0 saturated carbocycles. The van der Waals surface area contributed by atoms with Crippen LogP contribution in [0.5, 0.6) is 5.75 Å². The molecule has 5 heteroatoms. The summed E-state index contributed by atoms with van der Waals surface area (Å²) in [5, 5.41) is 0.587. The number of hydrogen-bond donors (Lipinski definition) is 0. The summed E-state index contributed by atoms with van der Waals surface area (Å²) in [5.74, 6) is -1.18. The Morgan fingerprint density at radius 2 is 1.69 bits per heavy atom. The monoisotopic (exact) mass is 446 g/mol. The van der Waals surface area contributed by atoms with E-state index in [0.29, 0.717) is 41.5 Å². The van der Waals surface area contributed by atoms with E-state index in [9.17, 15) is 4.79 Å². The maximum Gasteiger partial charge on any atom is 0.278 e. The van der Waals surface area contributed by atoms with Crippen molar-refractivity contribution in [1.82, 2.24) is 0 Å². The van der Waals surface area contributed by atoms with Crippen LogP contribution in [0.25, 0.3) is 0 Å². The zero-order valence-corrected chi connectivity index (χ0v) is 18.5. The fourth-order valence-electron chi connectivity index (χ4n) is 4.56. The van der Waals surface area contributed by atoms with E-state index in [-0.39, 0.29) is 5.78 Å². The second kappa shape index (κ2) is 8.21. The van der Waals surface area contributed by atoms with Crippen LogP contribution in [0.1, 0.15) is 28.4 Å². The summed E-state index contributed by atoms with van der Waals surface area (Å²) in [6, 6.07) is 24.5. The molecule has 0 fully saturated rings. The maximum atomic E-state index is 14.0. The molecule has 0 aromatic heterocycles. The van der Waals surface area contributed by atoms with Crippen LogP contribution in [-0.4, -0.2) is 24.6 Å². The molecule has 5 rings (SSSR count). The number of ether oxygens (including phenoxy) is 3. The molecule has 2 atom stereocenters. The topological polar surface area (TPSA) is 44.8 Å². The molecule has 3 aromatic rings. The second-order valence-corrected chi connectivity index (χ2v) is 8.45. The zero-order valence-electron chi connectivity index (χ0n) is 17.7. The second-order valence-electron chi connectivity index (χ2n) is 8.01. The van der Waals surface area contributed by atoms with Crippen molar-refractivity contribution >= 4 is 17.4 Å². The Balaban J connectivity index is 1.65. The third-order valence-corrected chi connectivity index (χ3v) is 6.43. The zero-order chi connectivity index (χ0) is 22.2. The number of hydrogen-bond acceptors (Lipinski definition) is 4. The van der Waals surface area contributed by atoms with Gasteiger partial charge in [0.05, 0.1) is 18.8 Å². The fourth-order valence-corrected chi connectivity index (χ4v) is 4.69. The molecule has 2 aliphatic rings. The minimum atomic E-state index is -1.49. The SMILES string of the molecule is CC1=CCO[C@@]12C(=O)c1ccccc1O[C@@]2(OCCc1ccccc1)c1ccc(Cl)cc1. The summed E-state index contributed by atoms with van der Waals surface area (Å²) in [7, 11) is 0. The Kier molecular flexibility index (Phi) is 5.38. The molecule has 4 nitrogen and oxygen atoms in total. The van der Waals surface area contributed by atoms with E-state index in [1.807, 2.05) is 67.6 Å². The number of carbonyl (C=O) groups excluding carboxylic acids is 1. The van der Waals surface area contributed by atoms with Gasteiger partial charge in [-0.05, 0) is 48.7 Å². The molecule has 0 unspecified atom stereocenters. The Morgan fingerprint density at radius 3 is 2.41 bits per heavy atom. The van der Waals surface area contributed by atoms with Crippen LogP contribution in [0.3, 0.4) is 0 Å². The van der Waals surface area contributed by atoms with Crippen LogP contribution in [-0.2, 0) is 21.7 Å². The van der Waals surface area contributed by atoms with Crippen LogP contribution in [0, 0.1) is 0 Å². The standard InChI is InChI=1S/C27H23ClO4/c1-19-15-17-30-26(19)25(29)23-9-5-6-10-24(23)32-27(26,21-11-13-22(28)14-12-21)31-18-16-20-7-3-2-4-8-20/h2-15H,16-18H2,1H3/t26-,27+/m1/s1. The maximum absolute atomic E-state index is 14.0. The van der Waals surface area contributed by atoms with Gasteiger partial charge in [0.1, 0.15) is 5.75 Å². The minimum Gasteiger partial charge on any atom is -0.453 e. The van der Waals surface area contributed by atoms with Crippen molar-refractivity contribution in [2.45, 2.75) is 24.7 Å². The summed E-state index contributed by atoms with van der Waals surface area (Å²) in [5.41, 5.74) is 1.64. The van der Waals surface area contributed by atoms with Crippen molar-refractivity contribution in [3.8, 4) is 5.75 Å². The number of benzene rings is 3. The lowest BCUT2D eigenvalue weighted by molar-refractivity contribution is -0.273. The molecule has 0 aliphatic carbocycles. The Morgan fingerprint density at radius 1 is 0.969 bits per heavy atom. The molecule has 2 aliphatic heterocycles. The summed E-state index contributed by atoms with van der Waals surface area (Å²) < 4.78 is 19.4. The van der Waals surface area contributed by atoms with Crippen LogP contribution in [0.2, 0.25) is 5.02 Å². The number of para-hydroxylation sites is 1. The highest BCUT2D eigenvalue weighted by Crippen LogP contribution is 2.53. The predicted molar refractivity (Wildman–Crippen MR) is 123 cm³/mol. The van der Waals surface area contributed by atoms with Crippen molar-refractivity contribution in [2.75, 3.05) is 13.2 Å². The van der Waals surface area contributed by atoms with Gasteiger partial charge in [0.2, 0.25) is 11.4 Å². The van der Waals surface area contributed by atoms with E-state index in [2.05, 4.69) is 0 Å². The first kappa shape index (κ1) is 21.0. The number of fused-ring (bicyclic) bond motifs is 1. The highest BCUT2D eigenvalue weighted by molar-refractivity contribution is 6.30. The number of ketones is 1. The molecule has 2 heterocycles. The lowest BCUT2D eigenvalue weighted by Gasteiger charge is -2.49. The smallest absolute Gasteiger partial charge is 0.278 e.